The van der Waals surface area contributed by atoms with Gasteiger partial charge in [0.2, 0.25) is 0 Å². The van der Waals surface area contributed by atoms with Crippen molar-refractivity contribution in [2.75, 3.05) is 0 Å². The summed E-state index contributed by atoms with van der Waals surface area (Å²) in [6, 6.07) is 0. The van der Waals surface area contributed by atoms with E-state index >= 15 is 0 Å². The van der Waals surface area contributed by atoms with E-state index in [9.17, 15) is 0 Å². The Kier molecular flexibility index (Phi) is 158. The van der Waals surface area contributed by atoms with Crippen LogP contribution in [0.15, 0.2) is 0 Å². The van der Waals surface area contributed by atoms with Crippen LogP contribution in [-0.2, 0) is 62.6 Å². The van der Waals surface area contributed by atoms with Crippen LogP contribution in [0.2, 0.25) is 0 Å². The van der Waals surface area contributed by atoms with E-state index in [-0.39, 0.29) is 58.4 Å². The maximum atomic E-state index is 7.50. The molecule has 0 saturated heterocycles. The predicted octanol–water partition coefficient (Wildman–Crippen LogP) is 3.47. The van der Waals surface area contributed by atoms with Crippen molar-refractivity contribution in [2.24, 2.45) is 0 Å². The van der Waals surface area contributed by atoms with Crippen molar-refractivity contribution in [3.8, 4) is 0 Å². The maximum absolute atomic E-state index is 7.50. The maximum Gasteiger partial charge on any atom is 0 e. The summed E-state index contributed by atoms with van der Waals surface area (Å²) in [7, 11) is 0. The molecule has 9 heteroatoms. The number of hydrogen-bond donors (Lipinski definition) is 0. The van der Waals surface area contributed by atoms with Crippen molar-refractivity contribution >= 4 is 23.7 Å². The van der Waals surface area contributed by atoms with Crippen LogP contribution in [0.25, 0.3) is 0 Å². The molecule has 0 amide bonds. The third-order valence-electron chi connectivity index (χ3n) is 2.22. The second-order valence-electron chi connectivity index (χ2n) is 3.85. The largest absolute Gasteiger partial charge is 0.0312 e. The molecule has 4 saturated carbocycles. The second-order valence-corrected chi connectivity index (χ2v) is 3.85. The molecule has 178 valence electrons. The van der Waals surface area contributed by atoms with Gasteiger partial charge in [0.15, 0.2) is 0 Å². The molecular weight excluding hydrogens is 640 g/mol. The van der Waals surface area contributed by atoms with Gasteiger partial charge in [0.1, 0.15) is 0 Å². The quantitative estimate of drug-likeness (QED) is 0.215. The van der Waals surface area contributed by atoms with Gasteiger partial charge >= 0.3 is 67.8 Å². The molecule has 4 aliphatic carbocycles. The summed E-state index contributed by atoms with van der Waals surface area (Å²) >= 11 is 0. The fourth-order valence-corrected chi connectivity index (χ4v) is 1.28. The minimum atomic E-state index is 0. The van der Waals surface area contributed by atoms with Gasteiger partial charge in [0.05, 0.1) is 0 Å². The summed E-state index contributed by atoms with van der Waals surface area (Å²) in [4.78, 5) is 0. The molecule has 0 aromatic carbocycles. The molecule has 4 fully saturated rings. The Balaban J connectivity index is -0.0000000315. The standard InChI is InChI=1S/4C5H5.6CO.2Cr.Te/c4*1-2-4-5-3-1;6*1-2;;;/h4*1-5H;;;;;;;;;. The molecule has 35 heavy (non-hydrogen) atoms. The van der Waals surface area contributed by atoms with Crippen molar-refractivity contribution in [1.29, 1.82) is 0 Å². The Morgan fingerprint density at radius 2 is 0.229 bits per heavy atom. The Morgan fingerprint density at radius 3 is 0.257 bits per heavy atom. The molecule has 0 unspecified atom stereocenters. The minimum Gasteiger partial charge on any atom is -0.0312 e. The summed E-state index contributed by atoms with van der Waals surface area (Å²) in [5.74, 6) is 0. The van der Waals surface area contributed by atoms with E-state index in [1.807, 2.05) is 128 Å². The van der Waals surface area contributed by atoms with E-state index in [4.69, 9.17) is 27.9 Å². The van der Waals surface area contributed by atoms with Gasteiger partial charge in [-0.3, -0.25) is 0 Å². The molecule has 0 aliphatic heterocycles. The predicted molar refractivity (Wildman–Crippen MR) is 115 cm³/mol. The molecule has 4 rings (SSSR count). The monoisotopic (exact) mass is 662 g/mol. The van der Waals surface area contributed by atoms with Gasteiger partial charge in [-0.25, -0.2) is 0 Å². The van der Waals surface area contributed by atoms with Gasteiger partial charge < -0.3 is 0 Å². The molecule has 0 N–H and O–H groups in total. The van der Waals surface area contributed by atoms with Gasteiger partial charge in [-0.1, -0.05) is 0 Å². The van der Waals surface area contributed by atoms with E-state index in [1.165, 1.54) is 0 Å². The van der Waals surface area contributed by atoms with Crippen LogP contribution in [0, 0.1) is 168 Å². The molecular formula is C26H20Cr2O6Te. The minimum absolute atomic E-state index is 0. The van der Waals surface area contributed by atoms with Gasteiger partial charge in [0.25, 0.3) is 0 Å². The van der Waals surface area contributed by atoms with Crippen molar-refractivity contribution in [3.63, 3.8) is 0 Å². The third-order valence-corrected chi connectivity index (χ3v) is 2.22. The summed E-state index contributed by atoms with van der Waals surface area (Å²) in [5, 5.41) is 0. The summed E-state index contributed by atoms with van der Waals surface area (Å²) in [6.07, 6.45) is 40.0. The van der Waals surface area contributed by atoms with Crippen LogP contribution in [0.4, 0.5) is 0 Å². The second kappa shape index (κ2) is 92.3. The molecule has 4 aliphatic rings. The molecule has 0 spiro atoms. The van der Waals surface area contributed by atoms with Crippen LogP contribution in [0.1, 0.15) is 0 Å². The van der Waals surface area contributed by atoms with E-state index in [0.29, 0.717) is 0 Å². The fraction of sp³-hybridized carbons (Fsp3) is 0. The van der Waals surface area contributed by atoms with Crippen LogP contribution >= 0.6 is 0 Å². The van der Waals surface area contributed by atoms with E-state index in [1.54, 1.807) is 0 Å². The first-order valence-electron chi connectivity index (χ1n) is 7.89. The number of rotatable bonds is 0. The molecule has 0 bridgehead atoms. The van der Waals surface area contributed by atoms with Crippen LogP contribution in [0.3, 0.4) is 0 Å². The molecule has 0 atom stereocenters. The first kappa shape index (κ1) is 60.0. The average Bonchev–Trinajstić information content (AvgIpc) is 3.77. The zero-order chi connectivity index (χ0) is 26.1. The Bertz CT molecular complexity index is 277. The molecule has 0 heterocycles. The molecule has 6 nitrogen and oxygen atoms in total. The number of hydrogen-bond acceptors (Lipinski definition) is 0. The van der Waals surface area contributed by atoms with Crippen LogP contribution < -0.4 is 0 Å². The summed E-state index contributed by atoms with van der Waals surface area (Å²) in [6.45, 7) is 27.0. The van der Waals surface area contributed by atoms with Crippen molar-refractivity contribution in [2.45, 2.75) is 0 Å². The van der Waals surface area contributed by atoms with Gasteiger partial charge in [-0.2, -0.15) is 0 Å². The Hall–Kier alpha value is 0.295. The van der Waals surface area contributed by atoms with Gasteiger partial charge in [-0.05, 0) is 128 Å². The Labute approximate surface area is 253 Å². The average molecular weight is 660 g/mol. The first-order valence-corrected chi connectivity index (χ1v) is 7.89. The summed E-state index contributed by atoms with van der Waals surface area (Å²) < 4.78 is 45.0. The molecule has 22 radical (unpaired) electrons. The van der Waals surface area contributed by atoms with Crippen LogP contribution in [-0.4, -0.2) is 23.7 Å². The van der Waals surface area contributed by atoms with E-state index < -0.39 is 0 Å². The zero-order valence-electron chi connectivity index (χ0n) is 18.2. The van der Waals surface area contributed by atoms with Gasteiger partial charge in [0, 0.05) is 58.4 Å². The van der Waals surface area contributed by atoms with E-state index in [2.05, 4.69) is 39.9 Å². The molecule has 0 aromatic heterocycles. The molecule has 0 aromatic rings. The fourth-order valence-electron chi connectivity index (χ4n) is 1.28. The third kappa shape index (κ3) is 86.8. The Morgan fingerprint density at radius 1 is 0.200 bits per heavy atom. The van der Waals surface area contributed by atoms with Crippen molar-refractivity contribution in [1.82, 2.24) is 0 Å². The van der Waals surface area contributed by atoms with Crippen LogP contribution in [0.5, 0.6) is 0 Å². The smallest absolute Gasteiger partial charge is 0 e. The zero-order valence-corrected chi connectivity index (χ0v) is 23.1. The normalized spacial score (nSPS) is 14.1. The summed E-state index contributed by atoms with van der Waals surface area (Å²) in [5.41, 5.74) is 0. The van der Waals surface area contributed by atoms with Crippen molar-refractivity contribution < 1.29 is 62.6 Å². The van der Waals surface area contributed by atoms with E-state index in [0.717, 1.165) is 0 Å². The SMILES string of the molecule is [C-]#[O+].[C-]#[O+].[C-]#[O+].[C-]#[O+].[C-]#[O+].[C-]#[O+].[CH]1[CH][CH][CH][CH]1.[CH]1[CH][CH][CH][CH]1.[CH]1[CH][CH][CH][CH]1.[CH]1[CH][CH][CH][CH]1.[Cr].[Cr].[Te]. The first-order chi connectivity index (χ1) is 16.0. The van der Waals surface area contributed by atoms with Gasteiger partial charge in [-0.15, -0.1) is 0 Å². The topological polar surface area (TPSA) is 119 Å². The van der Waals surface area contributed by atoms with Crippen molar-refractivity contribution in [3.05, 3.63) is 168 Å².